The summed E-state index contributed by atoms with van der Waals surface area (Å²) in [7, 11) is 0. The van der Waals surface area contributed by atoms with Crippen molar-refractivity contribution >= 4 is 23.6 Å². The molecule has 2 atom stereocenters. The van der Waals surface area contributed by atoms with E-state index in [1.165, 1.54) is 4.90 Å². The molecule has 1 aromatic rings. The Labute approximate surface area is 129 Å². The van der Waals surface area contributed by atoms with Gasteiger partial charge in [-0.05, 0) is 36.6 Å². The van der Waals surface area contributed by atoms with Gasteiger partial charge in [0.15, 0.2) is 0 Å². The third-order valence-electron chi connectivity index (χ3n) is 4.39. The van der Waals surface area contributed by atoms with Gasteiger partial charge in [-0.3, -0.25) is 9.59 Å². The summed E-state index contributed by atoms with van der Waals surface area (Å²) in [5, 5.41) is 0. The number of nitrogens with zero attached hydrogens (tertiary/aromatic N) is 1. The van der Waals surface area contributed by atoms with E-state index in [4.69, 9.17) is 5.73 Å². The van der Waals surface area contributed by atoms with Crippen LogP contribution in [0.3, 0.4) is 0 Å². The van der Waals surface area contributed by atoms with E-state index in [0.717, 1.165) is 37.1 Å². The molecule has 0 radical (unpaired) electrons. The van der Waals surface area contributed by atoms with E-state index in [0.29, 0.717) is 6.54 Å². The fourth-order valence-corrected chi connectivity index (χ4v) is 4.35. The minimum atomic E-state index is -0.285. The van der Waals surface area contributed by atoms with Gasteiger partial charge in [-0.25, -0.2) is 0 Å². The first kappa shape index (κ1) is 14.4. The van der Waals surface area contributed by atoms with E-state index in [1.54, 1.807) is 0 Å². The fraction of sp³-hybridized carbons (Fsp3) is 0.500. The Morgan fingerprint density at radius 1 is 1.24 bits per heavy atom. The summed E-state index contributed by atoms with van der Waals surface area (Å²) >= 11 is 1.82. The first-order chi connectivity index (χ1) is 10.2. The van der Waals surface area contributed by atoms with Crippen LogP contribution < -0.4 is 5.73 Å². The molecular formula is C16H20N2O2S. The number of rotatable bonds is 2. The molecule has 4 nitrogen and oxygen atoms in total. The van der Waals surface area contributed by atoms with Gasteiger partial charge in [0.25, 0.3) is 0 Å². The number of piperidine rings is 1. The van der Waals surface area contributed by atoms with Crippen molar-refractivity contribution < 1.29 is 9.59 Å². The SMILES string of the molecule is NC(=O)[C@H]1CCCN(C(=O)[C@H]2CCSc3ccccc32)C1. The van der Waals surface area contributed by atoms with Crippen LogP contribution in [0.5, 0.6) is 0 Å². The fourth-order valence-electron chi connectivity index (χ4n) is 3.23. The van der Waals surface area contributed by atoms with Crippen LogP contribution in [0.25, 0.3) is 0 Å². The summed E-state index contributed by atoms with van der Waals surface area (Å²) in [5.74, 6) is 0.603. The second-order valence-electron chi connectivity index (χ2n) is 5.75. The number of carbonyl (C=O) groups is 2. The predicted octanol–water partition coefficient (Wildman–Crippen LogP) is 1.99. The van der Waals surface area contributed by atoms with Gasteiger partial charge >= 0.3 is 0 Å². The number of hydrogen-bond donors (Lipinski definition) is 1. The van der Waals surface area contributed by atoms with Gasteiger partial charge in [0.2, 0.25) is 11.8 Å². The van der Waals surface area contributed by atoms with Crippen LogP contribution in [0, 0.1) is 5.92 Å². The topological polar surface area (TPSA) is 63.4 Å². The van der Waals surface area contributed by atoms with E-state index >= 15 is 0 Å². The highest BCUT2D eigenvalue weighted by Gasteiger charge is 2.33. The summed E-state index contributed by atoms with van der Waals surface area (Å²) in [4.78, 5) is 27.3. The molecule has 2 heterocycles. The molecule has 1 aromatic carbocycles. The second-order valence-corrected chi connectivity index (χ2v) is 6.89. The van der Waals surface area contributed by atoms with Crippen molar-refractivity contribution in [3.05, 3.63) is 29.8 Å². The third-order valence-corrected chi connectivity index (χ3v) is 5.51. The van der Waals surface area contributed by atoms with Gasteiger partial charge in [-0.1, -0.05) is 18.2 Å². The molecule has 2 aliphatic heterocycles. The average Bonchev–Trinajstić information content (AvgIpc) is 2.53. The minimum absolute atomic E-state index is 0.0610. The molecule has 0 unspecified atom stereocenters. The molecule has 2 aliphatic rings. The van der Waals surface area contributed by atoms with Crippen LogP contribution in [0.2, 0.25) is 0 Å². The van der Waals surface area contributed by atoms with Crippen molar-refractivity contribution in [2.45, 2.75) is 30.1 Å². The zero-order chi connectivity index (χ0) is 14.8. The molecule has 21 heavy (non-hydrogen) atoms. The van der Waals surface area contributed by atoms with E-state index < -0.39 is 0 Å². The Bertz CT molecular complexity index is 561. The van der Waals surface area contributed by atoms with Crippen LogP contribution in [-0.4, -0.2) is 35.6 Å². The highest BCUT2D eigenvalue weighted by Crippen LogP contribution is 2.38. The molecule has 0 saturated carbocycles. The molecule has 0 bridgehead atoms. The van der Waals surface area contributed by atoms with Crippen molar-refractivity contribution in [2.24, 2.45) is 11.7 Å². The maximum Gasteiger partial charge on any atom is 0.230 e. The summed E-state index contributed by atoms with van der Waals surface area (Å²) in [6.07, 6.45) is 2.54. The normalized spacial score (nSPS) is 25.2. The standard InChI is InChI=1S/C16H20N2O2S/c17-15(19)11-4-3-8-18(10-11)16(20)13-7-9-21-14-6-2-1-5-12(13)14/h1-2,5-6,11,13H,3-4,7-10H2,(H2,17,19)/t11-,13-/m0/s1. The van der Waals surface area contributed by atoms with Gasteiger partial charge in [0.05, 0.1) is 11.8 Å². The van der Waals surface area contributed by atoms with Crippen LogP contribution in [0.1, 0.15) is 30.7 Å². The Morgan fingerprint density at radius 2 is 2.05 bits per heavy atom. The molecule has 1 saturated heterocycles. The first-order valence-electron chi connectivity index (χ1n) is 7.46. The van der Waals surface area contributed by atoms with E-state index in [9.17, 15) is 9.59 Å². The number of amides is 2. The average molecular weight is 304 g/mol. The first-order valence-corrected chi connectivity index (χ1v) is 8.45. The van der Waals surface area contributed by atoms with Crippen molar-refractivity contribution in [3.63, 3.8) is 0 Å². The minimum Gasteiger partial charge on any atom is -0.369 e. The number of benzene rings is 1. The quantitative estimate of drug-likeness (QED) is 0.909. The van der Waals surface area contributed by atoms with Gasteiger partial charge < -0.3 is 10.6 Å². The van der Waals surface area contributed by atoms with Crippen LogP contribution in [-0.2, 0) is 9.59 Å². The van der Waals surface area contributed by atoms with Crippen LogP contribution >= 0.6 is 11.8 Å². The van der Waals surface area contributed by atoms with Gasteiger partial charge in [0, 0.05) is 18.0 Å². The van der Waals surface area contributed by atoms with Gasteiger partial charge in [-0.2, -0.15) is 0 Å². The molecule has 1 fully saturated rings. The Morgan fingerprint density at radius 3 is 2.86 bits per heavy atom. The van der Waals surface area contributed by atoms with E-state index in [1.807, 2.05) is 28.8 Å². The lowest BCUT2D eigenvalue weighted by Gasteiger charge is -2.35. The number of primary amides is 1. The lowest BCUT2D eigenvalue weighted by Crippen LogP contribution is -2.46. The smallest absolute Gasteiger partial charge is 0.230 e. The van der Waals surface area contributed by atoms with E-state index in [2.05, 4.69) is 12.1 Å². The third kappa shape index (κ3) is 2.93. The van der Waals surface area contributed by atoms with E-state index in [-0.39, 0.29) is 23.7 Å². The predicted molar refractivity (Wildman–Crippen MR) is 83.0 cm³/mol. The van der Waals surface area contributed by atoms with Crippen molar-refractivity contribution in [1.82, 2.24) is 4.90 Å². The summed E-state index contributed by atoms with van der Waals surface area (Å²) in [5.41, 5.74) is 6.54. The molecule has 0 aromatic heterocycles. The largest absolute Gasteiger partial charge is 0.369 e. The maximum absolute atomic E-state index is 12.8. The Hall–Kier alpha value is -1.49. The molecule has 2 amide bonds. The molecule has 0 aliphatic carbocycles. The molecule has 3 rings (SSSR count). The second kappa shape index (κ2) is 6.10. The van der Waals surface area contributed by atoms with Crippen molar-refractivity contribution in [1.29, 1.82) is 0 Å². The number of fused-ring (bicyclic) bond motifs is 1. The molecule has 112 valence electrons. The number of hydrogen-bond acceptors (Lipinski definition) is 3. The lowest BCUT2D eigenvalue weighted by atomic mass is 9.91. The van der Waals surface area contributed by atoms with Crippen molar-refractivity contribution in [2.75, 3.05) is 18.8 Å². The van der Waals surface area contributed by atoms with Crippen LogP contribution in [0.15, 0.2) is 29.2 Å². The highest BCUT2D eigenvalue weighted by molar-refractivity contribution is 7.99. The zero-order valence-electron chi connectivity index (χ0n) is 12.0. The maximum atomic E-state index is 12.8. The van der Waals surface area contributed by atoms with Crippen molar-refractivity contribution in [3.8, 4) is 0 Å². The summed E-state index contributed by atoms with van der Waals surface area (Å²) < 4.78 is 0. The number of likely N-dealkylation sites (tertiary alicyclic amines) is 1. The molecule has 5 heteroatoms. The molecule has 0 spiro atoms. The zero-order valence-corrected chi connectivity index (χ0v) is 12.8. The summed E-state index contributed by atoms with van der Waals surface area (Å²) in [6.45, 7) is 1.23. The molecular weight excluding hydrogens is 284 g/mol. The molecule has 2 N–H and O–H groups in total. The van der Waals surface area contributed by atoms with Crippen LogP contribution in [0.4, 0.5) is 0 Å². The van der Waals surface area contributed by atoms with Gasteiger partial charge in [-0.15, -0.1) is 11.8 Å². The van der Waals surface area contributed by atoms with Gasteiger partial charge in [0.1, 0.15) is 0 Å². The summed E-state index contributed by atoms with van der Waals surface area (Å²) in [6, 6.07) is 8.15. The monoisotopic (exact) mass is 304 g/mol. The number of thioether (sulfide) groups is 1. The lowest BCUT2D eigenvalue weighted by molar-refractivity contribution is -0.136. The Kier molecular flexibility index (Phi) is 4.19. The number of nitrogens with two attached hydrogens (primary N) is 1. The Balaban J connectivity index is 1.78. The highest BCUT2D eigenvalue weighted by atomic mass is 32.2. The number of carbonyl (C=O) groups excluding carboxylic acids is 2.